The van der Waals surface area contributed by atoms with Crippen molar-refractivity contribution in [2.75, 3.05) is 12.4 Å². The van der Waals surface area contributed by atoms with Crippen LogP contribution in [0.5, 0.6) is 5.75 Å². The van der Waals surface area contributed by atoms with Crippen molar-refractivity contribution in [3.63, 3.8) is 0 Å². The summed E-state index contributed by atoms with van der Waals surface area (Å²) >= 11 is 0. The lowest BCUT2D eigenvalue weighted by molar-refractivity contribution is 0.102. The van der Waals surface area contributed by atoms with Crippen molar-refractivity contribution >= 4 is 11.6 Å². The van der Waals surface area contributed by atoms with Gasteiger partial charge in [0.2, 0.25) is 0 Å². The Morgan fingerprint density at radius 1 is 1.00 bits per heavy atom. The van der Waals surface area contributed by atoms with Gasteiger partial charge in [0.1, 0.15) is 5.75 Å². The first kappa shape index (κ1) is 18.5. The molecule has 5 heteroatoms. The highest BCUT2D eigenvalue weighted by molar-refractivity contribution is 6.04. The summed E-state index contributed by atoms with van der Waals surface area (Å²) in [7, 11) is 1.61. The Kier molecular flexibility index (Phi) is 5.41. The van der Waals surface area contributed by atoms with Crippen LogP contribution < -0.4 is 15.6 Å². The Morgan fingerprint density at radius 2 is 1.67 bits per heavy atom. The number of benzene rings is 2. The van der Waals surface area contributed by atoms with Crippen LogP contribution >= 0.6 is 0 Å². The highest BCUT2D eigenvalue weighted by Crippen LogP contribution is 2.15. The van der Waals surface area contributed by atoms with Crippen LogP contribution in [0.25, 0.3) is 0 Å². The minimum absolute atomic E-state index is 0.159. The summed E-state index contributed by atoms with van der Waals surface area (Å²) in [6.45, 7) is 4.35. The Balaban J connectivity index is 1.81. The van der Waals surface area contributed by atoms with Gasteiger partial charge >= 0.3 is 0 Å². The molecule has 0 fully saturated rings. The first-order valence-corrected chi connectivity index (χ1v) is 8.67. The van der Waals surface area contributed by atoms with Crippen molar-refractivity contribution in [2.24, 2.45) is 0 Å². The number of carbonyl (C=O) groups is 1. The van der Waals surface area contributed by atoms with Gasteiger partial charge in [-0.25, -0.2) is 0 Å². The number of hydrogen-bond donors (Lipinski definition) is 1. The van der Waals surface area contributed by atoms with Gasteiger partial charge in [-0.05, 0) is 60.9 Å². The minimum atomic E-state index is -0.247. The zero-order valence-corrected chi connectivity index (χ0v) is 15.7. The molecule has 0 atom stereocenters. The fraction of sp³-hybridized carbons (Fsp3) is 0.182. The quantitative estimate of drug-likeness (QED) is 0.751. The molecule has 0 saturated heterocycles. The van der Waals surface area contributed by atoms with E-state index in [9.17, 15) is 9.59 Å². The van der Waals surface area contributed by atoms with Crippen LogP contribution in [0.1, 0.15) is 27.0 Å². The normalized spacial score (nSPS) is 10.5. The number of ether oxygens (including phenoxy) is 1. The van der Waals surface area contributed by atoms with Gasteiger partial charge < -0.3 is 14.6 Å². The van der Waals surface area contributed by atoms with Crippen molar-refractivity contribution < 1.29 is 9.53 Å². The number of nitrogens with zero attached hydrogens (tertiary/aromatic N) is 1. The van der Waals surface area contributed by atoms with Crippen molar-refractivity contribution in [1.82, 2.24) is 4.57 Å². The number of hydrogen-bond acceptors (Lipinski definition) is 3. The van der Waals surface area contributed by atoms with Gasteiger partial charge in [-0.2, -0.15) is 0 Å². The van der Waals surface area contributed by atoms with E-state index in [-0.39, 0.29) is 11.5 Å². The predicted molar refractivity (Wildman–Crippen MR) is 107 cm³/mol. The van der Waals surface area contributed by atoms with Crippen molar-refractivity contribution in [2.45, 2.75) is 20.4 Å². The maximum absolute atomic E-state index is 12.6. The molecule has 3 rings (SSSR count). The molecule has 5 nitrogen and oxygen atoms in total. The molecule has 1 amide bonds. The van der Waals surface area contributed by atoms with E-state index in [0.717, 1.165) is 28.1 Å². The van der Waals surface area contributed by atoms with Crippen LogP contribution in [0.2, 0.25) is 0 Å². The lowest BCUT2D eigenvalue weighted by Gasteiger charge is -2.10. The first-order valence-electron chi connectivity index (χ1n) is 8.67. The van der Waals surface area contributed by atoms with Gasteiger partial charge in [-0.15, -0.1) is 0 Å². The number of rotatable bonds is 5. The van der Waals surface area contributed by atoms with Crippen molar-refractivity contribution in [3.05, 3.63) is 93.4 Å². The largest absolute Gasteiger partial charge is 0.497 e. The van der Waals surface area contributed by atoms with Crippen LogP contribution in [0.15, 0.2) is 65.6 Å². The van der Waals surface area contributed by atoms with Gasteiger partial charge in [0.05, 0.1) is 19.2 Å². The molecule has 0 spiro atoms. The van der Waals surface area contributed by atoms with Gasteiger partial charge in [0.25, 0.3) is 11.5 Å². The lowest BCUT2D eigenvalue weighted by Crippen LogP contribution is -2.22. The van der Waals surface area contributed by atoms with Crippen LogP contribution in [-0.2, 0) is 6.54 Å². The fourth-order valence-corrected chi connectivity index (χ4v) is 2.97. The smallest absolute Gasteiger partial charge is 0.257 e. The molecule has 1 aromatic heterocycles. The molecule has 2 aromatic carbocycles. The standard InChI is InChI=1S/C22H22N2O3/c1-15-10-16(2)12-19(11-15)23-22(26)18-6-9-21(25)24(14-18)13-17-4-7-20(27-3)8-5-17/h4-12,14H,13H2,1-3H3,(H,23,26). The number of anilines is 1. The number of carbonyl (C=O) groups excluding carboxylic acids is 1. The molecule has 1 heterocycles. The highest BCUT2D eigenvalue weighted by atomic mass is 16.5. The summed E-state index contributed by atoms with van der Waals surface area (Å²) in [5.74, 6) is 0.510. The van der Waals surface area contributed by atoms with E-state index in [1.54, 1.807) is 19.4 Å². The second-order valence-electron chi connectivity index (χ2n) is 6.56. The summed E-state index contributed by atoms with van der Waals surface area (Å²) < 4.78 is 6.67. The maximum Gasteiger partial charge on any atom is 0.257 e. The summed E-state index contributed by atoms with van der Waals surface area (Å²) in [6.07, 6.45) is 1.59. The molecule has 0 aliphatic carbocycles. The molecule has 0 unspecified atom stereocenters. The zero-order valence-electron chi connectivity index (χ0n) is 15.7. The molecule has 0 radical (unpaired) electrons. The monoisotopic (exact) mass is 362 g/mol. The van der Waals surface area contributed by atoms with E-state index in [0.29, 0.717) is 12.1 Å². The third kappa shape index (κ3) is 4.64. The molecule has 0 aliphatic heterocycles. The number of methoxy groups -OCH3 is 1. The fourth-order valence-electron chi connectivity index (χ4n) is 2.97. The second kappa shape index (κ2) is 7.91. The third-order valence-corrected chi connectivity index (χ3v) is 4.24. The molecule has 3 aromatic rings. The number of aryl methyl sites for hydroxylation is 2. The summed E-state index contributed by atoms with van der Waals surface area (Å²) in [4.78, 5) is 24.8. The van der Waals surface area contributed by atoms with E-state index in [2.05, 4.69) is 5.32 Å². The maximum atomic E-state index is 12.6. The van der Waals surface area contributed by atoms with E-state index < -0.39 is 0 Å². The SMILES string of the molecule is COc1ccc(Cn2cc(C(=O)Nc3cc(C)cc(C)c3)ccc2=O)cc1. The molecule has 0 bridgehead atoms. The molecule has 1 N–H and O–H groups in total. The van der Waals surface area contributed by atoms with Crippen LogP contribution in [0, 0.1) is 13.8 Å². The van der Waals surface area contributed by atoms with Crippen LogP contribution in [0.4, 0.5) is 5.69 Å². The summed E-state index contributed by atoms with van der Waals surface area (Å²) in [5.41, 5.74) is 4.12. The number of amides is 1. The van der Waals surface area contributed by atoms with E-state index in [1.807, 2.05) is 56.3 Å². The lowest BCUT2D eigenvalue weighted by atomic mass is 10.1. The van der Waals surface area contributed by atoms with Crippen molar-refractivity contribution in [1.29, 1.82) is 0 Å². The Morgan fingerprint density at radius 3 is 2.30 bits per heavy atom. The van der Waals surface area contributed by atoms with Crippen LogP contribution in [-0.4, -0.2) is 17.6 Å². The Hall–Kier alpha value is -3.34. The molecule has 0 saturated carbocycles. The zero-order chi connectivity index (χ0) is 19.4. The summed E-state index contributed by atoms with van der Waals surface area (Å²) in [5, 5.41) is 2.89. The van der Waals surface area contributed by atoms with Gasteiger partial charge in [-0.1, -0.05) is 18.2 Å². The predicted octanol–water partition coefficient (Wildman–Crippen LogP) is 3.77. The van der Waals surface area contributed by atoms with Crippen LogP contribution in [0.3, 0.4) is 0 Å². The molecule has 138 valence electrons. The summed E-state index contributed by atoms with van der Waals surface area (Å²) in [6, 6.07) is 16.3. The average molecular weight is 362 g/mol. The number of nitrogens with one attached hydrogen (secondary N) is 1. The van der Waals surface area contributed by atoms with Gasteiger partial charge in [0.15, 0.2) is 0 Å². The second-order valence-corrected chi connectivity index (χ2v) is 6.56. The van der Waals surface area contributed by atoms with E-state index in [1.165, 1.54) is 10.6 Å². The Bertz CT molecular complexity index is 1000. The first-order chi connectivity index (χ1) is 12.9. The average Bonchev–Trinajstić information content (AvgIpc) is 2.63. The molecule has 27 heavy (non-hydrogen) atoms. The number of aromatic nitrogens is 1. The van der Waals surface area contributed by atoms with Gasteiger partial charge in [0, 0.05) is 18.0 Å². The third-order valence-electron chi connectivity index (χ3n) is 4.24. The van der Waals surface area contributed by atoms with Crippen molar-refractivity contribution in [3.8, 4) is 5.75 Å². The number of pyridine rings is 1. The van der Waals surface area contributed by atoms with E-state index >= 15 is 0 Å². The molecular formula is C22H22N2O3. The van der Waals surface area contributed by atoms with Gasteiger partial charge in [-0.3, -0.25) is 9.59 Å². The topological polar surface area (TPSA) is 60.3 Å². The minimum Gasteiger partial charge on any atom is -0.497 e. The highest BCUT2D eigenvalue weighted by Gasteiger charge is 2.09. The molecule has 0 aliphatic rings. The Labute approximate surface area is 158 Å². The van der Waals surface area contributed by atoms with E-state index in [4.69, 9.17) is 4.74 Å². The molecular weight excluding hydrogens is 340 g/mol.